The van der Waals surface area contributed by atoms with Gasteiger partial charge in [-0.3, -0.25) is 4.79 Å². The van der Waals surface area contributed by atoms with Gasteiger partial charge in [-0.05, 0) is 46.1 Å². The van der Waals surface area contributed by atoms with Crippen LogP contribution in [0.5, 0.6) is 5.75 Å². The van der Waals surface area contributed by atoms with E-state index in [9.17, 15) is 4.79 Å². The van der Waals surface area contributed by atoms with E-state index in [4.69, 9.17) is 4.74 Å². The van der Waals surface area contributed by atoms with Crippen molar-refractivity contribution in [2.45, 2.75) is 17.9 Å². The fourth-order valence-electron chi connectivity index (χ4n) is 2.38. The van der Waals surface area contributed by atoms with Gasteiger partial charge in [0, 0.05) is 0 Å². The molecule has 102 valence electrons. The Kier molecular flexibility index (Phi) is 3.69. The van der Waals surface area contributed by atoms with Crippen molar-refractivity contribution in [3.05, 3.63) is 63.6 Å². The van der Waals surface area contributed by atoms with Crippen LogP contribution in [0.1, 0.15) is 27.6 Å². The molecule has 2 aromatic carbocycles. The van der Waals surface area contributed by atoms with Crippen LogP contribution in [0.3, 0.4) is 0 Å². The van der Waals surface area contributed by atoms with Gasteiger partial charge in [-0.1, -0.05) is 46.3 Å². The van der Waals surface area contributed by atoms with E-state index in [1.54, 1.807) is 0 Å². The molecule has 2 aromatic rings. The van der Waals surface area contributed by atoms with Gasteiger partial charge in [0.05, 0.1) is 10.0 Å². The van der Waals surface area contributed by atoms with Crippen LogP contribution < -0.4 is 4.74 Å². The zero-order valence-electron chi connectivity index (χ0n) is 10.8. The maximum absolute atomic E-state index is 12.6. The fourth-order valence-corrected chi connectivity index (χ4v) is 3.71. The Morgan fingerprint density at radius 3 is 2.55 bits per heavy atom. The SMILES string of the molecule is Cc1cc(Br)c2c(c1)C(=O)C(Br)C(c1ccccc1)O2. The van der Waals surface area contributed by atoms with Crippen LogP contribution in [0.25, 0.3) is 0 Å². The Balaban J connectivity index is 2.09. The third-order valence-electron chi connectivity index (χ3n) is 3.34. The van der Waals surface area contributed by atoms with E-state index in [0.717, 1.165) is 15.6 Å². The predicted molar refractivity (Wildman–Crippen MR) is 85.7 cm³/mol. The minimum atomic E-state index is -0.369. The van der Waals surface area contributed by atoms with E-state index < -0.39 is 0 Å². The molecule has 0 N–H and O–H groups in total. The molecule has 4 heteroatoms. The van der Waals surface area contributed by atoms with Crippen molar-refractivity contribution in [1.82, 2.24) is 0 Å². The number of hydrogen-bond donors (Lipinski definition) is 0. The first kappa shape index (κ1) is 13.8. The standard InChI is InChI=1S/C16H12Br2O2/c1-9-7-11-14(19)13(18)15(10-5-3-2-4-6-10)20-16(11)12(17)8-9/h2-8,13,15H,1H3. The number of carbonyl (C=O) groups is 1. The van der Waals surface area contributed by atoms with Gasteiger partial charge in [-0.15, -0.1) is 0 Å². The normalized spacial score (nSPS) is 21.2. The summed E-state index contributed by atoms with van der Waals surface area (Å²) in [7, 11) is 0. The number of fused-ring (bicyclic) bond motifs is 1. The third kappa shape index (κ3) is 2.31. The number of carbonyl (C=O) groups excluding carboxylic acids is 1. The molecule has 0 aliphatic carbocycles. The Hall–Kier alpha value is -1.13. The Morgan fingerprint density at radius 2 is 1.85 bits per heavy atom. The second-order valence-electron chi connectivity index (χ2n) is 4.84. The van der Waals surface area contributed by atoms with Crippen LogP contribution in [0, 0.1) is 6.92 Å². The first-order valence-electron chi connectivity index (χ1n) is 6.28. The lowest BCUT2D eigenvalue weighted by Gasteiger charge is -2.30. The van der Waals surface area contributed by atoms with E-state index in [1.807, 2.05) is 49.4 Å². The molecular weight excluding hydrogens is 384 g/mol. The molecule has 0 amide bonds. The molecule has 1 heterocycles. The molecule has 0 radical (unpaired) electrons. The third-order valence-corrected chi connectivity index (χ3v) is 4.83. The van der Waals surface area contributed by atoms with Crippen molar-refractivity contribution in [3.63, 3.8) is 0 Å². The number of benzene rings is 2. The summed E-state index contributed by atoms with van der Waals surface area (Å²) in [6.07, 6.45) is -0.310. The van der Waals surface area contributed by atoms with Crippen molar-refractivity contribution in [2.24, 2.45) is 0 Å². The monoisotopic (exact) mass is 394 g/mol. The summed E-state index contributed by atoms with van der Waals surface area (Å²) >= 11 is 6.97. The van der Waals surface area contributed by atoms with Crippen LogP contribution in [-0.4, -0.2) is 10.6 Å². The molecule has 0 aromatic heterocycles. The highest BCUT2D eigenvalue weighted by molar-refractivity contribution is 9.10. The van der Waals surface area contributed by atoms with Crippen molar-refractivity contribution in [2.75, 3.05) is 0 Å². The molecule has 20 heavy (non-hydrogen) atoms. The zero-order valence-corrected chi connectivity index (χ0v) is 13.9. The molecule has 0 saturated carbocycles. The number of ketones is 1. The molecule has 2 unspecified atom stereocenters. The van der Waals surface area contributed by atoms with Crippen molar-refractivity contribution in [3.8, 4) is 5.75 Å². The highest BCUT2D eigenvalue weighted by Gasteiger charge is 2.37. The minimum Gasteiger partial charge on any atom is -0.482 e. The second-order valence-corrected chi connectivity index (χ2v) is 6.68. The fraction of sp³-hybridized carbons (Fsp3) is 0.188. The molecule has 0 bridgehead atoms. The van der Waals surface area contributed by atoms with Gasteiger partial charge in [0.1, 0.15) is 16.7 Å². The number of halogens is 2. The average Bonchev–Trinajstić information content (AvgIpc) is 2.44. The maximum atomic E-state index is 12.6. The maximum Gasteiger partial charge on any atom is 0.184 e. The lowest BCUT2D eigenvalue weighted by atomic mass is 9.95. The van der Waals surface area contributed by atoms with Crippen molar-refractivity contribution in [1.29, 1.82) is 0 Å². The summed E-state index contributed by atoms with van der Waals surface area (Å²) in [5.74, 6) is 0.689. The van der Waals surface area contributed by atoms with Gasteiger partial charge in [0.25, 0.3) is 0 Å². The van der Waals surface area contributed by atoms with E-state index in [0.29, 0.717) is 11.3 Å². The van der Waals surface area contributed by atoms with Crippen LogP contribution in [0.4, 0.5) is 0 Å². The number of rotatable bonds is 1. The highest BCUT2D eigenvalue weighted by Crippen LogP contribution is 2.42. The Bertz CT molecular complexity index is 668. The number of aryl methyl sites for hydroxylation is 1. The molecule has 2 nitrogen and oxygen atoms in total. The number of ether oxygens (including phenoxy) is 1. The molecule has 2 atom stereocenters. The molecule has 3 rings (SSSR count). The molecule has 1 aliphatic heterocycles. The van der Waals surface area contributed by atoms with E-state index in [2.05, 4.69) is 31.9 Å². The van der Waals surface area contributed by atoms with Gasteiger partial charge < -0.3 is 4.74 Å². The summed E-state index contributed by atoms with van der Waals surface area (Å²) in [4.78, 5) is 12.2. The molecule has 1 aliphatic rings. The number of hydrogen-bond acceptors (Lipinski definition) is 2. The summed E-state index contributed by atoms with van der Waals surface area (Å²) < 4.78 is 6.89. The lowest BCUT2D eigenvalue weighted by Crippen LogP contribution is -2.32. The Morgan fingerprint density at radius 1 is 1.15 bits per heavy atom. The molecular formula is C16H12Br2O2. The molecule has 0 fully saturated rings. The first-order valence-corrected chi connectivity index (χ1v) is 7.99. The molecule has 0 saturated heterocycles. The van der Waals surface area contributed by atoms with E-state index in [1.165, 1.54) is 0 Å². The van der Waals surface area contributed by atoms with Gasteiger partial charge >= 0.3 is 0 Å². The van der Waals surface area contributed by atoms with Crippen LogP contribution in [-0.2, 0) is 0 Å². The summed E-state index contributed by atoms with van der Waals surface area (Å²) in [6.45, 7) is 1.96. The summed E-state index contributed by atoms with van der Waals surface area (Å²) in [5, 5.41) is 0. The topological polar surface area (TPSA) is 26.3 Å². The van der Waals surface area contributed by atoms with Crippen molar-refractivity contribution < 1.29 is 9.53 Å². The van der Waals surface area contributed by atoms with Crippen molar-refractivity contribution >= 4 is 37.6 Å². The van der Waals surface area contributed by atoms with Gasteiger partial charge in [-0.25, -0.2) is 0 Å². The summed E-state index contributed by atoms with van der Waals surface area (Å²) in [6, 6.07) is 13.6. The van der Waals surface area contributed by atoms with Gasteiger partial charge in [-0.2, -0.15) is 0 Å². The Labute approximate surface area is 134 Å². The largest absolute Gasteiger partial charge is 0.482 e. The highest BCUT2D eigenvalue weighted by atomic mass is 79.9. The van der Waals surface area contributed by atoms with E-state index >= 15 is 0 Å². The van der Waals surface area contributed by atoms with Crippen LogP contribution in [0.15, 0.2) is 46.9 Å². The quantitative estimate of drug-likeness (QED) is 0.646. The number of alkyl halides is 1. The predicted octanol–water partition coefficient (Wildman–Crippen LogP) is 4.84. The number of Topliss-reactive ketones (excluding diaryl/α,β-unsaturated/α-hetero) is 1. The van der Waals surface area contributed by atoms with Gasteiger partial charge in [0.2, 0.25) is 0 Å². The average molecular weight is 396 g/mol. The lowest BCUT2D eigenvalue weighted by molar-refractivity contribution is 0.0871. The van der Waals surface area contributed by atoms with Crippen LogP contribution in [0.2, 0.25) is 0 Å². The molecule has 0 spiro atoms. The summed E-state index contributed by atoms with van der Waals surface area (Å²) in [5.41, 5.74) is 2.65. The van der Waals surface area contributed by atoms with Crippen LogP contribution >= 0.6 is 31.9 Å². The minimum absolute atomic E-state index is 0.0597. The zero-order chi connectivity index (χ0) is 14.3. The first-order chi connectivity index (χ1) is 9.58. The smallest absolute Gasteiger partial charge is 0.184 e. The second kappa shape index (κ2) is 5.34. The van der Waals surface area contributed by atoms with Gasteiger partial charge in [0.15, 0.2) is 5.78 Å². The van der Waals surface area contributed by atoms with E-state index in [-0.39, 0.29) is 16.7 Å².